The summed E-state index contributed by atoms with van der Waals surface area (Å²) in [5, 5.41) is 9.51. The second-order valence-electron chi connectivity index (χ2n) is 6.08. The molecule has 1 atom stereocenters. The number of benzene rings is 1. The predicted octanol–water partition coefficient (Wildman–Crippen LogP) is 1.10. The van der Waals surface area contributed by atoms with E-state index in [2.05, 4.69) is 4.72 Å². The van der Waals surface area contributed by atoms with Crippen LogP contribution >= 0.6 is 0 Å². The largest absolute Gasteiger partial charge is 0.480 e. The quantitative estimate of drug-likeness (QED) is 0.754. The molecule has 0 aromatic heterocycles. The molecule has 6 nitrogen and oxygen atoms in total. The first-order valence-electron chi connectivity index (χ1n) is 6.50. The summed E-state index contributed by atoms with van der Waals surface area (Å²) in [5.74, 6) is -1.30. The molecular formula is C14H22N2O4S. The number of nitrogens with two attached hydrogens (primary N) is 1. The van der Waals surface area contributed by atoms with Gasteiger partial charge in [-0.3, -0.25) is 4.79 Å². The topological polar surface area (TPSA) is 109 Å². The normalized spacial score (nSPS) is 15.5. The third-order valence-corrected chi connectivity index (χ3v) is 5.10. The average Bonchev–Trinajstić information content (AvgIpc) is 2.34. The number of hydrogen-bond acceptors (Lipinski definition) is 4. The van der Waals surface area contributed by atoms with Crippen LogP contribution < -0.4 is 10.5 Å². The lowest BCUT2D eigenvalue weighted by Gasteiger charge is -2.40. The fraction of sp³-hybridized carbons (Fsp3) is 0.500. The molecule has 21 heavy (non-hydrogen) atoms. The molecule has 1 rings (SSSR count). The van der Waals surface area contributed by atoms with E-state index in [1.807, 2.05) is 6.92 Å². The summed E-state index contributed by atoms with van der Waals surface area (Å²) in [6.07, 6.45) is 0. The van der Waals surface area contributed by atoms with E-state index in [1.54, 1.807) is 32.9 Å². The van der Waals surface area contributed by atoms with Crippen LogP contribution in [0, 0.1) is 12.3 Å². The van der Waals surface area contributed by atoms with E-state index in [-0.39, 0.29) is 11.4 Å². The van der Waals surface area contributed by atoms with Gasteiger partial charge in [0.15, 0.2) is 0 Å². The van der Waals surface area contributed by atoms with Crippen LogP contribution in [0.25, 0.3) is 0 Å². The Morgan fingerprint density at radius 2 is 1.71 bits per heavy atom. The molecule has 0 aliphatic rings. The number of nitrogens with one attached hydrogen (secondary N) is 1. The van der Waals surface area contributed by atoms with Crippen molar-refractivity contribution in [2.75, 3.05) is 6.54 Å². The number of rotatable bonds is 5. The van der Waals surface area contributed by atoms with Crippen LogP contribution in [-0.2, 0) is 14.8 Å². The Hall–Kier alpha value is -1.44. The molecule has 0 heterocycles. The molecule has 0 unspecified atom stereocenters. The van der Waals surface area contributed by atoms with Crippen LogP contribution in [0.3, 0.4) is 0 Å². The van der Waals surface area contributed by atoms with Crippen LogP contribution in [0.4, 0.5) is 0 Å². The highest BCUT2D eigenvalue weighted by atomic mass is 32.2. The number of sulfonamides is 1. The number of carboxylic acids is 1. The van der Waals surface area contributed by atoms with E-state index in [9.17, 15) is 18.3 Å². The van der Waals surface area contributed by atoms with Crippen molar-refractivity contribution in [3.8, 4) is 0 Å². The van der Waals surface area contributed by atoms with Crippen molar-refractivity contribution in [1.82, 2.24) is 4.72 Å². The third kappa shape index (κ3) is 3.42. The predicted molar refractivity (Wildman–Crippen MR) is 80.4 cm³/mol. The van der Waals surface area contributed by atoms with Crippen molar-refractivity contribution < 1.29 is 18.3 Å². The summed E-state index contributed by atoms with van der Waals surface area (Å²) in [6, 6.07) is 6.17. The lowest BCUT2D eigenvalue weighted by atomic mass is 9.74. The zero-order chi connectivity index (χ0) is 16.5. The van der Waals surface area contributed by atoms with Gasteiger partial charge in [-0.1, -0.05) is 38.5 Å². The summed E-state index contributed by atoms with van der Waals surface area (Å²) in [5.41, 5.74) is 3.83. The molecule has 0 radical (unpaired) electrons. The first-order valence-corrected chi connectivity index (χ1v) is 7.99. The lowest BCUT2D eigenvalue weighted by molar-refractivity contribution is -0.148. The molecular weight excluding hydrogens is 292 g/mol. The Balaban J connectivity index is 3.32. The van der Waals surface area contributed by atoms with Gasteiger partial charge in [-0.15, -0.1) is 0 Å². The smallest absolute Gasteiger partial charge is 0.326 e. The third-order valence-electron chi connectivity index (χ3n) is 3.59. The van der Waals surface area contributed by atoms with Gasteiger partial charge in [0.1, 0.15) is 5.54 Å². The fourth-order valence-electron chi connectivity index (χ4n) is 1.96. The maximum atomic E-state index is 12.4. The molecule has 1 aromatic carbocycles. The van der Waals surface area contributed by atoms with E-state index < -0.39 is 26.9 Å². The van der Waals surface area contributed by atoms with Crippen molar-refractivity contribution >= 4 is 16.0 Å². The van der Waals surface area contributed by atoms with E-state index in [0.717, 1.165) is 5.56 Å². The lowest BCUT2D eigenvalue weighted by Crippen LogP contribution is -2.66. The number of aliphatic carboxylic acids is 1. The Bertz CT molecular complexity index is 617. The van der Waals surface area contributed by atoms with Gasteiger partial charge >= 0.3 is 5.97 Å². The highest BCUT2D eigenvalue weighted by Crippen LogP contribution is 2.31. The van der Waals surface area contributed by atoms with E-state index in [1.165, 1.54) is 12.1 Å². The summed E-state index contributed by atoms with van der Waals surface area (Å²) in [7, 11) is -3.99. The van der Waals surface area contributed by atoms with Crippen molar-refractivity contribution in [3.63, 3.8) is 0 Å². The molecule has 0 bridgehead atoms. The van der Waals surface area contributed by atoms with Crippen molar-refractivity contribution in [3.05, 3.63) is 29.8 Å². The van der Waals surface area contributed by atoms with E-state index in [4.69, 9.17) is 5.73 Å². The number of carbonyl (C=O) groups is 1. The minimum absolute atomic E-state index is 0.0106. The molecule has 118 valence electrons. The van der Waals surface area contributed by atoms with Gasteiger partial charge in [0.2, 0.25) is 10.0 Å². The molecule has 0 amide bonds. The van der Waals surface area contributed by atoms with Crippen LogP contribution in [0.1, 0.15) is 26.3 Å². The molecule has 0 fully saturated rings. The molecule has 4 N–H and O–H groups in total. The summed E-state index contributed by atoms with van der Waals surface area (Å²) >= 11 is 0. The summed E-state index contributed by atoms with van der Waals surface area (Å²) in [4.78, 5) is 11.7. The van der Waals surface area contributed by atoms with Crippen LogP contribution in [0.5, 0.6) is 0 Å². The van der Waals surface area contributed by atoms with Crippen molar-refractivity contribution in [1.29, 1.82) is 0 Å². The van der Waals surface area contributed by atoms with Crippen LogP contribution in [-0.4, -0.2) is 31.6 Å². The monoisotopic (exact) mass is 314 g/mol. The highest BCUT2D eigenvalue weighted by molar-refractivity contribution is 7.89. The van der Waals surface area contributed by atoms with Gasteiger partial charge in [-0.2, -0.15) is 4.72 Å². The number of hydrogen-bond donors (Lipinski definition) is 3. The standard InChI is InChI=1S/C14H22N2O4S/c1-10-5-7-11(8-6-10)21(19,20)16-14(9-15,12(17)18)13(2,3)4/h5-8,16H,9,15H2,1-4H3,(H,17,18)/t14-/m0/s1. The number of carboxylic acid groups (broad SMARTS) is 1. The molecule has 0 saturated carbocycles. The van der Waals surface area contributed by atoms with Crippen LogP contribution in [0.2, 0.25) is 0 Å². The second kappa shape index (κ2) is 5.75. The van der Waals surface area contributed by atoms with E-state index >= 15 is 0 Å². The van der Waals surface area contributed by atoms with Gasteiger partial charge < -0.3 is 10.8 Å². The van der Waals surface area contributed by atoms with Crippen molar-refractivity contribution in [2.24, 2.45) is 11.1 Å². The maximum absolute atomic E-state index is 12.4. The molecule has 0 saturated heterocycles. The summed E-state index contributed by atoms with van der Waals surface area (Å²) < 4.78 is 27.2. The Morgan fingerprint density at radius 1 is 1.24 bits per heavy atom. The SMILES string of the molecule is Cc1ccc(S(=O)(=O)N[C@@](CN)(C(=O)O)C(C)(C)C)cc1. The molecule has 1 aromatic rings. The van der Waals surface area contributed by atoms with Gasteiger partial charge in [-0.25, -0.2) is 8.42 Å². The molecule has 0 aliphatic carbocycles. The second-order valence-corrected chi connectivity index (χ2v) is 7.77. The molecule has 0 aliphatic heterocycles. The van der Waals surface area contributed by atoms with Crippen molar-refractivity contribution in [2.45, 2.75) is 38.1 Å². The Labute approximate surface area is 125 Å². The van der Waals surface area contributed by atoms with Gasteiger partial charge in [0, 0.05) is 6.54 Å². The van der Waals surface area contributed by atoms with Gasteiger partial charge in [0.05, 0.1) is 4.90 Å². The molecule has 7 heteroatoms. The van der Waals surface area contributed by atoms with Crippen LogP contribution in [0.15, 0.2) is 29.2 Å². The summed E-state index contributed by atoms with van der Waals surface area (Å²) in [6.45, 7) is 6.38. The number of aryl methyl sites for hydroxylation is 1. The average molecular weight is 314 g/mol. The first-order chi connectivity index (χ1) is 9.46. The zero-order valence-electron chi connectivity index (χ0n) is 12.7. The maximum Gasteiger partial charge on any atom is 0.326 e. The first kappa shape index (κ1) is 17.6. The Kier molecular flexibility index (Phi) is 4.82. The Morgan fingerprint density at radius 3 is 2.05 bits per heavy atom. The fourth-order valence-corrected chi connectivity index (χ4v) is 3.51. The minimum Gasteiger partial charge on any atom is -0.480 e. The zero-order valence-corrected chi connectivity index (χ0v) is 13.5. The minimum atomic E-state index is -3.99. The highest BCUT2D eigenvalue weighted by Gasteiger charge is 2.50. The molecule has 0 spiro atoms. The van der Waals surface area contributed by atoms with Gasteiger partial charge in [0.25, 0.3) is 0 Å². The van der Waals surface area contributed by atoms with E-state index in [0.29, 0.717) is 0 Å². The van der Waals surface area contributed by atoms with Gasteiger partial charge in [-0.05, 0) is 24.5 Å².